The molecule has 0 aliphatic carbocycles. The van der Waals surface area contributed by atoms with E-state index in [4.69, 9.17) is 4.98 Å². The first-order valence-electron chi connectivity index (χ1n) is 7.09. The molecule has 4 aromatic rings. The lowest BCUT2D eigenvalue weighted by Gasteiger charge is -2.02. The molecule has 0 N–H and O–H groups in total. The molecule has 0 bridgehead atoms. The van der Waals surface area contributed by atoms with Crippen LogP contribution in [-0.2, 0) is 0 Å². The minimum absolute atomic E-state index is 1.02. The third-order valence-electron chi connectivity index (χ3n) is 3.95. The van der Waals surface area contributed by atoms with E-state index < -0.39 is 0 Å². The van der Waals surface area contributed by atoms with Crippen molar-refractivity contribution in [1.82, 2.24) is 14.4 Å². The lowest BCUT2D eigenvalue weighted by atomic mass is 10.1. The Hall–Kier alpha value is -1.98. The minimum atomic E-state index is 1.02. The van der Waals surface area contributed by atoms with Crippen molar-refractivity contribution in [2.75, 3.05) is 0 Å². The first kappa shape index (κ1) is 13.7. The fraction of sp³-hybridized carbons (Fsp3) is 0.176. The number of hydrogen-bond donors (Lipinski definition) is 0. The summed E-state index contributed by atoms with van der Waals surface area (Å²) in [6, 6.07) is 6.51. The quantitative estimate of drug-likeness (QED) is 0.512. The molecule has 0 amide bonds. The molecule has 1 aromatic carbocycles. The summed E-state index contributed by atoms with van der Waals surface area (Å²) in [5.41, 5.74) is 6.96. The zero-order valence-electron chi connectivity index (χ0n) is 12.6. The molecule has 0 spiro atoms. The highest BCUT2D eigenvalue weighted by Gasteiger charge is 2.15. The largest absolute Gasteiger partial charge is 0.288 e. The van der Waals surface area contributed by atoms with Crippen molar-refractivity contribution in [3.05, 3.63) is 52.0 Å². The monoisotopic (exact) mass is 325 g/mol. The molecule has 0 saturated heterocycles. The van der Waals surface area contributed by atoms with Crippen LogP contribution in [0.1, 0.15) is 16.8 Å². The highest BCUT2D eigenvalue weighted by Crippen LogP contribution is 2.32. The number of benzene rings is 1. The normalized spacial score (nSPS) is 11.4. The van der Waals surface area contributed by atoms with Gasteiger partial charge in [-0.15, -0.1) is 22.7 Å². The lowest BCUT2D eigenvalue weighted by Crippen LogP contribution is -1.87. The topological polar surface area (TPSA) is 30.2 Å². The average Bonchev–Trinajstić information content (AvgIpc) is 3.17. The summed E-state index contributed by atoms with van der Waals surface area (Å²) in [5.74, 6) is 0. The van der Waals surface area contributed by atoms with Crippen molar-refractivity contribution in [2.24, 2.45) is 0 Å². The van der Waals surface area contributed by atoms with Gasteiger partial charge in [0.25, 0.3) is 0 Å². The van der Waals surface area contributed by atoms with E-state index in [2.05, 4.69) is 58.4 Å². The van der Waals surface area contributed by atoms with Gasteiger partial charge in [0, 0.05) is 22.5 Å². The van der Waals surface area contributed by atoms with E-state index in [0.29, 0.717) is 0 Å². The Morgan fingerprint density at radius 1 is 1.00 bits per heavy atom. The van der Waals surface area contributed by atoms with Gasteiger partial charge in [-0.2, -0.15) is 0 Å². The SMILES string of the molecule is Cc1ccc(-c2csc(-c3c(C)nc4sccn34)n2)cc1C. The summed E-state index contributed by atoms with van der Waals surface area (Å²) < 4.78 is 2.13. The van der Waals surface area contributed by atoms with Crippen molar-refractivity contribution in [3.63, 3.8) is 0 Å². The first-order chi connectivity index (χ1) is 10.6. The number of rotatable bonds is 2. The van der Waals surface area contributed by atoms with Crippen LogP contribution in [0, 0.1) is 20.8 Å². The van der Waals surface area contributed by atoms with Gasteiger partial charge in [0.15, 0.2) is 4.96 Å². The molecule has 110 valence electrons. The molecule has 0 radical (unpaired) electrons. The van der Waals surface area contributed by atoms with E-state index in [-0.39, 0.29) is 0 Å². The third kappa shape index (κ3) is 2.09. The Kier molecular flexibility index (Phi) is 3.13. The van der Waals surface area contributed by atoms with Gasteiger partial charge < -0.3 is 0 Å². The van der Waals surface area contributed by atoms with Crippen molar-refractivity contribution in [1.29, 1.82) is 0 Å². The van der Waals surface area contributed by atoms with Gasteiger partial charge in [-0.25, -0.2) is 9.97 Å². The summed E-state index contributed by atoms with van der Waals surface area (Å²) >= 11 is 3.33. The molecule has 22 heavy (non-hydrogen) atoms. The number of aromatic nitrogens is 3. The lowest BCUT2D eigenvalue weighted by molar-refractivity contribution is 1.21. The smallest absolute Gasteiger partial charge is 0.194 e. The van der Waals surface area contributed by atoms with Crippen LogP contribution in [0.25, 0.3) is 26.9 Å². The summed E-state index contributed by atoms with van der Waals surface area (Å²) in [7, 11) is 0. The van der Waals surface area contributed by atoms with Crippen LogP contribution in [0.3, 0.4) is 0 Å². The highest BCUT2D eigenvalue weighted by atomic mass is 32.1. The summed E-state index contributed by atoms with van der Waals surface area (Å²) in [6.45, 7) is 6.32. The van der Waals surface area contributed by atoms with Crippen molar-refractivity contribution in [3.8, 4) is 22.0 Å². The molecule has 0 saturated carbocycles. The third-order valence-corrected chi connectivity index (χ3v) is 5.55. The fourth-order valence-electron chi connectivity index (χ4n) is 2.57. The average molecular weight is 325 g/mol. The van der Waals surface area contributed by atoms with Gasteiger partial charge in [-0.05, 0) is 38.0 Å². The van der Waals surface area contributed by atoms with Crippen molar-refractivity contribution < 1.29 is 0 Å². The van der Waals surface area contributed by atoms with Crippen LogP contribution in [0.15, 0.2) is 35.2 Å². The Morgan fingerprint density at radius 2 is 1.86 bits per heavy atom. The van der Waals surface area contributed by atoms with Gasteiger partial charge in [-0.3, -0.25) is 4.40 Å². The Labute approximate surface area is 136 Å². The van der Waals surface area contributed by atoms with Crippen LogP contribution in [0.2, 0.25) is 0 Å². The number of aryl methyl sites for hydroxylation is 3. The van der Waals surface area contributed by atoms with Gasteiger partial charge in [-0.1, -0.05) is 12.1 Å². The molecule has 0 unspecified atom stereocenters. The second kappa shape index (κ2) is 5.04. The second-order valence-corrected chi connectivity index (χ2v) is 7.17. The Morgan fingerprint density at radius 3 is 2.68 bits per heavy atom. The Balaban J connectivity index is 1.82. The van der Waals surface area contributed by atoms with E-state index >= 15 is 0 Å². The summed E-state index contributed by atoms with van der Waals surface area (Å²) in [6.07, 6.45) is 2.06. The zero-order chi connectivity index (χ0) is 15.3. The molecule has 0 aliphatic rings. The number of thiazole rings is 2. The van der Waals surface area contributed by atoms with Gasteiger partial charge in [0.1, 0.15) is 10.7 Å². The zero-order valence-corrected chi connectivity index (χ0v) is 14.3. The van der Waals surface area contributed by atoms with E-state index in [9.17, 15) is 0 Å². The summed E-state index contributed by atoms with van der Waals surface area (Å²) in [4.78, 5) is 10.5. The van der Waals surface area contributed by atoms with Crippen LogP contribution in [0.4, 0.5) is 0 Å². The number of hydrogen-bond acceptors (Lipinski definition) is 4. The number of nitrogens with zero attached hydrogens (tertiary/aromatic N) is 3. The van der Waals surface area contributed by atoms with Gasteiger partial charge in [0.2, 0.25) is 0 Å². The predicted octanol–water partition coefficient (Wildman–Crippen LogP) is 5.11. The maximum atomic E-state index is 4.85. The maximum absolute atomic E-state index is 4.85. The van der Waals surface area contributed by atoms with Crippen LogP contribution < -0.4 is 0 Å². The van der Waals surface area contributed by atoms with Gasteiger partial charge >= 0.3 is 0 Å². The molecule has 0 atom stereocenters. The van der Waals surface area contributed by atoms with Crippen LogP contribution in [0.5, 0.6) is 0 Å². The van der Waals surface area contributed by atoms with E-state index in [1.807, 2.05) is 6.92 Å². The summed E-state index contributed by atoms with van der Waals surface area (Å²) in [5, 5.41) is 5.21. The first-order valence-corrected chi connectivity index (χ1v) is 8.85. The van der Waals surface area contributed by atoms with E-state index in [1.54, 1.807) is 22.7 Å². The van der Waals surface area contributed by atoms with Crippen molar-refractivity contribution >= 4 is 27.6 Å². The standard InChI is InChI=1S/C17H15N3S2/c1-10-4-5-13(8-11(10)2)14-9-22-16(19-14)15-12(3)18-17-20(15)6-7-21-17/h4-9H,1-3H3. The molecule has 0 aliphatic heterocycles. The molecule has 0 fully saturated rings. The number of imidazole rings is 1. The van der Waals surface area contributed by atoms with Crippen LogP contribution in [-0.4, -0.2) is 14.4 Å². The Bertz CT molecular complexity index is 975. The van der Waals surface area contributed by atoms with Gasteiger partial charge in [0.05, 0.1) is 11.4 Å². The molecule has 5 heteroatoms. The minimum Gasteiger partial charge on any atom is -0.288 e. The molecule has 3 aromatic heterocycles. The molecule has 3 nitrogen and oxygen atoms in total. The predicted molar refractivity (Wildman–Crippen MR) is 93.8 cm³/mol. The molecule has 3 heterocycles. The van der Waals surface area contributed by atoms with Crippen LogP contribution >= 0.6 is 22.7 Å². The molecular weight excluding hydrogens is 310 g/mol. The van der Waals surface area contributed by atoms with Crippen molar-refractivity contribution in [2.45, 2.75) is 20.8 Å². The second-order valence-electron chi connectivity index (χ2n) is 5.44. The van der Waals surface area contributed by atoms with E-state index in [0.717, 1.165) is 27.1 Å². The van der Waals surface area contributed by atoms with E-state index in [1.165, 1.54) is 16.7 Å². The fourth-order valence-corrected chi connectivity index (χ4v) is 4.25. The maximum Gasteiger partial charge on any atom is 0.194 e. The number of fused-ring (bicyclic) bond motifs is 1. The molecule has 4 rings (SSSR count). The highest BCUT2D eigenvalue weighted by molar-refractivity contribution is 7.15. The molecular formula is C17H15N3S2.